The van der Waals surface area contributed by atoms with Gasteiger partial charge in [-0.2, -0.15) is 13.2 Å². The van der Waals surface area contributed by atoms with E-state index in [9.17, 15) is 17.6 Å². The topological polar surface area (TPSA) is 89.1 Å². The molecule has 2 aliphatic rings. The number of fused-ring (bicyclic) bond motifs is 1. The molecule has 2 unspecified atom stereocenters. The van der Waals surface area contributed by atoms with Crippen molar-refractivity contribution < 1.29 is 17.6 Å². The Kier molecular flexibility index (Phi) is 3.58. The van der Waals surface area contributed by atoms with Crippen LogP contribution in [-0.4, -0.2) is 22.1 Å². The molecule has 0 saturated heterocycles. The van der Waals surface area contributed by atoms with Crippen molar-refractivity contribution in [1.82, 2.24) is 0 Å². The molecule has 0 saturated carbocycles. The van der Waals surface area contributed by atoms with E-state index in [0.29, 0.717) is 16.9 Å². The number of hydrogen-bond donors (Lipinski definition) is 2. The van der Waals surface area contributed by atoms with Gasteiger partial charge in [-0.15, -0.1) is 0 Å². The number of nitrogens with zero attached hydrogens (tertiary/aromatic N) is 3. The molecule has 0 fully saturated rings. The highest BCUT2D eigenvalue weighted by atomic mass is 32.2. The second-order valence-corrected chi connectivity index (χ2v) is 6.13. The number of aliphatic imine (C=N–C) groups is 3. The molecule has 3 rings (SSSR count). The van der Waals surface area contributed by atoms with E-state index in [4.69, 9.17) is 11.5 Å². The van der Waals surface area contributed by atoms with Crippen LogP contribution in [0.3, 0.4) is 0 Å². The maximum Gasteiger partial charge on any atom is 0.419 e. The minimum Gasteiger partial charge on any atom is -0.301 e. The predicted molar refractivity (Wildman–Crippen MR) is 80.8 cm³/mol. The molecule has 2 aliphatic heterocycles. The molecule has 4 N–H and O–H groups in total. The fraction of sp³-hybridized carbons (Fsp3) is 0.308. The van der Waals surface area contributed by atoms with Crippen LogP contribution in [0.2, 0.25) is 0 Å². The summed E-state index contributed by atoms with van der Waals surface area (Å²) in [7, 11) is 0. The first-order chi connectivity index (χ1) is 10.6. The van der Waals surface area contributed by atoms with Gasteiger partial charge >= 0.3 is 6.18 Å². The first-order valence-electron chi connectivity index (χ1n) is 6.43. The summed E-state index contributed by atoms with van der Waals surface area (Å²) in [6.07, 6.45) is -4.79. The molecule has 0 bridgehead atoms. The number of benzene rings is 1. The highest BCUT2D eigenvalue weighted by Crippen LogP contribution is 2.37. The summed E-state index contributed by atoms with van der Waals surface area (Å²) in [5.74, 6) is -1.12. The van der Waals surface area contributed by atoms with Gasteiger partial charge in [0.05, 0.1) is 5.56 Å². The Bertz CT molecular complexity index is 770. The molecular weight excluding hydrogens is 334 g/mol. The number of nitrogens with two attached hydrogens (primary N) is 2. The fourth-order valence-corrected chi connectivity index (χ4v) is 3.27. The molecule has 0 amide bonds. The quantitative estimate of drug-likeness (QED) is 0.765. The van der Waals surface area contributed by atoms with Crippen molar-refractivity contribution in [3.8, 4) is 0 Å². The first kappa shape index (κ1) is 16.1. The van der Waals surface area contributed by atoms with Gasteiger partial charge in [-0.1, -0.05) is 17.8 Å². The highest BCUT2D eigenvalue weighted by Gasteiger charge is 2.44. The van der Waals surface area contributed by atoms with E-state index in [0.717, 1.165) is 23.9 Å². The Morgan fingerprint density at radius 1 is 1.30 bits per heavy atom. The number of thioether (sulfide) groups is 1. The number of hydrogen-bond acceptors (Lipinski definition) is 6. The molecule has 1 aromatic carbocycles. The zero-order chi connectivity index (χ0) is 17.0. The molecule has 122 valence electrons. The van der Waals surface area contributed by atoms with E-state index in [1.54, 1.807) is 6.92 Å². The van der Waals surface area contributed by atoms with E-state index >= 15 is 0 Å². The number of rotatable bonds is 1. The SMILES string of the molecule is CC1=NC(N)(c2ccc(C(F)(F)F)c(F)c2)C2=NC(N)SC2=N1. The summed E-state index contributed by atoms with van der Waals surface area (Å²) >= 11 is 1.15. The Morgan fingerprint density at radius 3 is 2.61 bits per heavy atom. The van der Waals surface area contributed by atoms with Crippen LogP contribution in [0.15, 0.2) is 33.2 Å². The summed E-state index contributed by atoms with van der Waals surface area (Å²) in [6, 6.07) is 2.44. The minimum absolute atomic E-state index is 0.0446. The molecule has 1 aromatic rings. The second kappa shape index (κ2) is 5.11. The average Bonchev–Trinajstić information content (AvgIpc) is 2.78. The van der Waals surface area contributed by atoms with Crippen LogP contribution in [0.25, 0.3) is 0 Å². The standard InChI is InChI=1S/C13H11F4N5S/c1-5-20-10-9(21-11(18)23-10)12(19,22-5)6-2-3-7(8(14)4-6)13(15,16)17/h2-4,11H,18-19H2,1H3. The third-order valence-corrected chi connectivity index (χ3v) is 4.22. The van der Waals surface area contributed by atoms with E-state index < -0.39 is 28.7 Å². The van der Waals surface area contributed by atoms with E-state index in [-0.39, 0.29) is 11.3 Å². The largest absolute Gasteiger partial charge is 0.419 e. The van der Waals surface area contributed by atoms with Gasteiger partial charge in [0, 0.05) is 5.56 Å². The van der Waals surface area contributed by atoms with Crippen LogP contribution in [-0.2, 0) is 11.8 Å². The summed E-state index contributed by atoms with van der Waals surface area (Å²) < 4.78 is 51.9. The lowest BCUT2D eigenvalue weighted by Gasteiger charge is -2.29. The van der Waals surface area contributed by atoms with Crippen molar-refractivity contribution in [1.29, 1.82) is 0 Å². The molecule has 2 atom stereocenters. The van der Waals surface area contributed by atoms with Crippen LogP contribution in [0.4, 0.5) is 17.6 Å². The Morgan fingerprint density at radius 2 is 2.00 bits per heavy atom. The zero-order valence-corrected chi connectivity index (χ0v) is 12.5. The third-order valence-electron chi connectivity index (χ3n) is 3.37. The summed E-state index contributed by atoms with van der Waals surface area (Å²) in [5.41, 5.74) is 8.60. The monoisotopic (exact) mass is 345 g/mol. The average molecular weight is 345 g/mol. The minimum atomic E-state index is -4.79. The number of amidine groups is 1. The number of alkyl halides is 3. The lowest BCUT2D eigenvalue weighted by atomic mass is 9.93. The Balaban J connectivity index is 2.12. The lowest BCUT2D eigenvalue weighted by Crippen LogP contribution is -2.48. The van der Waals surface area contributed by atoms with Crippen molar-refractivity contribution in [3.05, 3.63) is 35.1 Å². The lowest BCUT2D eigenvalue weighted by molar-refractivity contribution is -0.140. The normalized spacial score (nSPS) is 27.3. The predicted octanol–water partition coefficient (Wildman–Crippen LogP) is 2.22. The van der Waals surface area contributed by atoms with Crippen molar-refractivity contribution in [2.45, 2.75) is 24.3 Å². The van der Waals surface area contributed by atoms with Crippen LogP contribution in [0, 0.1) is 5.82 Å². The van der Waals surface area contributed by atoms with Gasteiger partial charge < -0.3 is 5.73 Å². The summed E-state index contributed by atoms with van der Waals surface area (Å²) in [6.45, 7) is 1.58. The van der Waals surface area contributed by atoms with Crippen LogP contribution >= 0.6 is 11.8 Å². The molecule has 0 aromatic heterocycles. The third kappa shape index (κ3) is 2.66. The highest BCUT2D eigenvalue weighted by molar-refractivity contribution is 8.16. The summed E-state index contributed by atoms with van der Waals surface area (Å²) in [5, 5.41) is 0.438. The maximum absolute atomic E-state index is 13.9. The zero-order valence-electron chi connectivity index (χ0n) is 11.7. The smallest absolute Gasteiger partial charge is 0.301 e. The Labute approximate surface area is 132 Å². The molecule has 2 heterocycles. The van der Waals surface area contributed by atoms with Gasteiger partial charge in [-0.3, -0.25) is 10.7 Å². The number of halogens is 4. The molecular formula is C13H11F4N5S. The van der Waals surface area contributed by atoms with Crippen LogP contribution in [0.1, 0.15) is 18.1 Å². The van der Waals surface area contributed by atoms with Gasteiger partial charge in [0.2, 0.25) is 0 Å². The Hall–Kier alpha value is -1.78. The van der Waals surface area contributed by atoms with Crippen molar-refractivity contribution >= 4 is 28.4 Å². The molecule has 10 heteroatoms. The molecule has 5 nitrogen and oxygen atoms in total. The van der Waals surface area contributed by atoms with Gasteiger partial charge in [0.15, 0.2) is 11.2 Å². The van der Waals surface area contributed by atoms with Crippen molar-refractivity contribution in [2.75, 3.05) is 0 Å². The van der Waals surface area contributed by atoms with Gasteiger partial charge in [0.1, 0.15) is 22.4 Å². The van der Waals surface area contributed by atoms with Gasteiger partial charge in [-0.05, 0) is 19.1 Å². The molecule has 0 radical (unpaired) electrons. The van der Waals surface area contributed by atoms with Crippen molar-refractivity contribution in [2.24, 2.45) is 26.4 Å². The first-order valence-corrected chi connectivity index (χ1v) is 7.31. The molecule has 0 aliphatic carbocycles. The molecule has 0 spiro atoms. The van der Waals surface area contributed by atoms with E-state index in [2.05, 4.69) is 15.0 Å². The van der Waals surface area contributed by atoms with Crippen LogP contribution in [0.5, 0.6) is 0 Å². The van der Waals surface area contributed by atoms with Crippen LogP contribution < -0.4 is 11.5 Å². The maximum atomic E-state index is 13.9. The van der Waals surface area contributed by atoms with Gasteiger partial charge in [-0.25, -0.2) is 14.4 Å². The molecule has 23 heavy (non-hydrogen) atoms. The van der Waals surface area contributed by atoms with Gasteiger partial charge in [0.25, 0.3) is 0 Å². The van der Waals surface area contributed by atoms with E-state index in [1.807, 2.05) is 0 Å². The van der Waals surface area contributed by atoms with Crippen molar-refractivity contribution in [3.63, 3.8) is 0 Å². The second-order valence-electron chi connectivity index (χ2n) is 5.02. The summed E-state index contributed by atoms with van der Waals surface area (Å²) in [4.78, 5) is 12.4. The fourth-order valence-electron chi connectivity index (χ4n) is 2.38. The van der Waals surface area contributed by atoms with E-state index in [1.165, 1.54) is 0 Å².